The van der Waals surface area contributed by atoms with Crippen molar-refractivity contribution in [1.29, 1.82) is 5.26 Å². The summed E-state index contributed by atoms with van der Waals surface area (Å²) in [7, 11) is 1.52. The molecule has 1 aromatic rings. The molecule has 0 bridgehead atoms. The minimum absolute atomic E-state index is 0.348. The topological polar surface area (TPSA) is 33.0 Å². The summed E-state index contributed by atoms with van der Waals surface area (Å²) >= 11 is 0. The van der Waals surface area contributed by atoms with E-state index in [1.807, 2.05) is 6.92 Å². The van der Waals surface area contributed by atoms with Crippen LogP contribution < -0.4 is 4.74 Å². The lowest BCUT2D eigenvalue weighted by atomic mass is 9.97. The summed E-state index contributed by atoms with van der Waals surface area (Å²) < 4.78 is 18.3. The van der Waals surface area contributed by atoms with Crippen molar-refractivity contribution in [2.24, 2.45) is 0 Å². The zero-order chi connectivity index (χ0) is 10.6. The van der Waals surface area contributed by atoms with E-state index in [9.17, 15) is 4.39 Å². The largest absolute Gasteiger partial charge is 0.497 e. The van der Waals surface area contributed by atoms with Crippen LogP contribution in [-0.2, 0) is 0 Å². The number of nitrogens with zero attached hydrogens (tertiary/aromatic N) is 1. The second-order valence-electron chi connectivity index (χ2n) is 2.98. The molecular weight excluding hydrogens is 181 g/mol. The Bertz CT molecular complexity index is 357. The molecule has 2 nitrogen and oxygen atoms in total. The summed E-state index contributed by atoms with van der Waals surface area (Å²) in [5.74, 6) is -0.167. The summed E-state index contributed by atoms with van der Waals surface area (Å²) in [6, 6.07) is 6.51. The van der Waals surface area contributed by atoms with E-state index in [1.54, 1.807) is 12.1 Å². The first-order valence-corrected chi connectivity index (χ1v) is 4.46. The van der Waals surface area contributed by atoms with Gasteiger partial charge in [-0.15, -0.1) is 0 Å². The Kier molecular flexibility index (Phi) is 3.47. The van der Waals surface area contributed by atoms with Crippen LogP contribution in [0.3, 0.4) is 0 Å². The van der Waals surface area contributed by atoms with E-state index in [0.29, 0.717) is 17.7 Å². The van der Waals surface area contributed by atoms with Crippen molar-refractivity contribution in [2.45, 2.75) is 19.3 Å². The van der Waals surface area contributed by atoms with Crippen LogP contribution in [0.4, 0.5) is 4.39 Å². The molecule has 1 aromatic carbocycles. The number of rotatable bonds is 3. The van der Waals surface area contributed by atoms with Gasteiger partial charge >= 0.3 is 0 Å². The Morgan fingerprint density at radius 2 is 2.29 bits per heavy atom. The number of hydrogen-bond donors (Lipinski definition) is 0. The molecule has 0 aromatic heterocycles. The first-order chi connectivity index (χ1) is 6.72. The molecule has 0 fully saturated rings. The van der Waals surface area contributed by atoms with E-state index in [2.05, 4.69) is 6.07 Å². The second-order valence-corrected chi connectivity index (χ2v) is 2.98. The number of methoxy groups -OCH3 is 1. The molecule has 74 valence electrons. The lowest BCUT2D eigenvalue weighted by Crippen LogP contribution is -1.98. The molecule has 0 spiro atoms. The van der Waals surface area contributed by atoms with Gasteiger partial charge in [-0.05, 0) is 24.6 Å². The standard InChI is InChI=1S/C11H12FNO/c1-3-8(7-13)10-6-9(14-2)4-5-11(10)12/h4-6,8H,3H2,1-2H3. The van der Waals surface area contributed by atoms with Crippen LogP contribution in [0.25, 0.3) is 0 Å². The van der Waals surface area contributed by atoms with Gasteiger partial charge < -0.3 is 4.74 Å². The molecule has 1 atom stereocenters. The summed E-state index contributed by atoms with van der Waals surface area (Å²) in [6.07, 6.45) is 0.598. The van der Waals surface area contributed by atoms with Crippen molar-refractivity contribution in [1.82, 2.24) is 0 Å². The normalized spacial score (nSPS) is 11.9. The van der Waals surface area contributed by atoms with Gasteiger partial charge in [-0.1, -0.05) is 6.92 Å². The molecule has 0 aliphatic carbocycles. The van der Waals surface area contributed by atoms with Gasteiger partial charge in [0.25, 0.3) is 0 Å². The number of benzene rings is 1. The zero-order valence-corrected chi connectivity index (χ0v) is 8.25. The van der Waals surface area contributed by atoms with E-state index in [1.165, 1.54) is 13.2 Å². The van der Waals surface area contributed by atoms with Crippen LogP contribution in [0, 0.1) is 17.1 Å². The molecule has 0 saturated carbocycles. The van der Waals surface area contributed by atoms with Crippen LogP contribution in [0.2, 0.25) is 0 Å². The minimum atomic E-state index is -0.398. The smallest absolute Gasteiger partial charge is 0.128 e. The first-order valence-electron chi connectivity index (χ1n) is 4.46. The van der Waals surface area contributed by atoms with E-state index in [-0.39, 0.29) is 5.82 Å². The summed E-state index contributed by atoms with van der Waals surface area (Å²) in [6.45, 7) is 1.85. The van der Waals surface area contributed by atoms with Crippen molar-refractivity contribution >= 4 is 0 Å². The fourth-order valence-corrected chi connectivity index (χ4v) is 1.30. The SMILES string of the molecule is CCC(C#N)c1cc(OC)ccc1F. The average molecular weight is 193 g/mol. The summed E-state index contributed by atoms with van der Waals surface area (Å²) in [5.41, 5.74) is 0.411. The Morgan fingerprint density at radius 3 is 2.79 bits per heavy atom. The number of hydrogen-bond acceptors (Lipinski definition) is 2. The maximum atomic E-state index is 13.3. The molecule has 0 heterocycles. The molecule has 3 heteroatoms. The van der Waals surface area contributed by atoms with Crippen molar-refractivity contribution in [3.63, 3.8) is 0 Å². The molecule has 0 amide bonds. The van der Waals surface area contributed by atoms with Gasteiger partial charge in [0, 0.05) is 5.56 Å². The molecule has 0 radical (unpaired) electrons. The van der Waals surface area contributed by atoms with Crippen LogP contribution in [0.1, 0.15) is 24.8 Å². The Hall–Kier alpha value is -1.56. The van der Waals surface area contributed by atoms with Gasteiger partial charge in [0.15, 0.2) is 0 Å². The Morgan fingerprint density at radius 1 is 1.57 bits per heavy atom. The fraction of sp³-hybridized carbons (Fsp3) is 0.364. The highest BCUT2D eigenvalue weighted by Gasteiger charge is 2.13. The third-order valence-corrected chi connectivity index (χ3v) is 2.14. The van der Waals surface area contributed by atoms with E-state index < -0.39 is 5.92 Å². The molecule has 14 heavy (non-hydrogen) atoms. The van der Waals surface area contributed by atoms with Crippen LogP contribution in [-0.4, -0.2) is 7.11 Å². The zero-order valence-electron chi connectivity index (χ0n) is 8.25. The quantitative estimate of drug-likeness (QED) is 0.739. The monoisotopic (exact) mass is 193 g/mol. The first kappa shape index (κ1) is 10.5. The molecular formula is C11H12FNO. The summed E-state index contributed by atoms with van der Waals surface area (Å²) in [4.78, 5) is 0. The predicted molar refractivity (Wildman–Crippen MR) is 51.6 cm³/mol. The average Bonchev–Trinajstić information content (AvgIpc) is 2.22. The van der Waals surface area contributed by atoms with Gasteiger partial charge in [0.05, 0.1) is 19.1 Å². The fourth-order valence-electron chi connectivity index (χ4n) is 1.30. The molecule has 0 aliphatic rings. The maximum absolute atomic E-state index is 13.3. The van der Waals surface area contributed by atoms with E-state index in [0.717, 1.165) is 0 Å². The third kappa shape index (κ3) is 2.02. The Labute approximate surface area is 82.9 Å². The predicted octanol–water partition coefficient (Wildman–Crippen LogP) is 2.85. The van der Waals surface area contributed by atoms with Crippen LogP contribution in [0.15, 0.2) is 18.2 Å². The second kappa shape index (κ2) is 4.61. The van der Waals surface area contributed by atoms with Crippen molar-refractivity contribution in [2.75, 3.05) is 7.11 Å². The van der Waals surface area contributed by atoms with Gasteiger partial charge in [0.1, 0.15) is 11.6 Å². The molecule has 0 N–H and O–H groups in total. The molecule has 1 unspecified atom stereocenters. The molecule has 0 saturated heterocycles. The van der Waals surface area contributed by atoms with Gasteiger partial charge in [-0.2, -0.15) is 5.26 Å². The van der Waals surface area contributed by atoms with Crippen LogP contribution >= 0.6 is 0 Å². The number of ether oxygens (including phenoxy) is 1. The molecule has 1 rings (SSSR count). The number of halogens is 1. The third-order valence-electron chi connectivity index (χ3n) is 2.14. The lowest BCUT2D eigenvalue weighted by Gasteiger charge is -2.09. The van der Waals surface area contributed by atoms with Crippen molar-refractivity contribution < 1.29 is 9.13 Å². The highest BCUT2D eigenvalue weighted by molar-refractivity contribution is 5.34. The van der Waals surface area contributed by atoms with Gasteiger partial charge in [0.2, 0.25) is 0 Å². The van der Waals surface area contributed by atoms with E-state index >= 15 is 0 Å². The lowest BCUT2D eigenvalue weighted by molar-refractivity contribution is 0.412. The van der Waals surface area contributed by atoms with Crippen molar-refractivity contribution in [3.8, 4) is 11.8 Å². The number of nitriles is 1. The maximum Gasteiger partial charge on any atom is 0.128 e. The summed E-state index contributed by atoms with van der Waals surface area (Å²) in [5, 5.41) is 8.81. The molecule has 0 aliphatic heterocycles. The highest BCUT2D eigenvalue weighted by Crippen LogP contribution is 2.25. The van der Waals surface area contributed by atoms with E-state index in [4.69, 9.17) is 10.00 Å². The van der Waals surface area contributed by atoms with Gasteiger partial charge in [-0.3, -0.25) is 0 Å². The highest BCUT2D eigenvalue weighted by atomic mass is 19.1. The van der Waals surface area contributed by atoms with Crippen molar-refractivity contribution in [3.05, 3.63) is 29.6 Å². The van der Waals surface area contributed by atoms with Crippen LogP contribution in [0.5, 0.6) is 5.75 Å². The minimum Gasteiger partial charge on any atom is -0.497 e. The Balaban J connectivity index is 3.12. The van der Waals surface area contributed by atoms with Gasteiger partial charge in [-0.25, -0.2) is 4.39 Å².